The summed E-state index contributed by atoms with van der Waals surface area (Å²) in [5.74, 6) is -0.751. The van der Waals surface area contributed by atoms with Crippen LogP contribution in [-0.2, 0) is 16.0 Å². The van der Waals surface area contributed by atoms with E-state index in [1.807, 2.05) is 50.4 Å². The van der Waals surface area contributed by atoms with E-state index in [0.717, 1.165) is 27.9 Å². The molecule has 0 spiro atoms. The topological polar surface area (TPSA) is 111 Å². The van der Waals surface area contributed by atoms with E-state index in [4.69, 9.17) is 0 Å². The number of aryl methyl sites for hydroxylation is 2. The number of aromatic amines is 1. The molecule has 3 N–H and O–H groups in total. The van der Waals surface area contributed by atoms with Crippen LogP contribution in [0.25, 0.3) is 10.9 Å². The van der Waals surface area contributed by atoms with E-state index in [0.29, 0.717) is 31.9 Å². The Balaban J connectivity index is 1.38. The third-order valence-corrected chi connectivity index (χ3v) is 5.83. The summed E-state index contributed by atoms with van der Waals surface area (Å²) in [5.41, 5.74) is 3.67. The molecule has 4 rings (SSSR count). The van der Waals surface area contributed by atoms with Crippen LogP contribution in [0.15, 0.2) is 36.5 Å². The number of nitrogens with zero attached hydrogens (tertiary/aromatic N) is 3. The highest BCUT2D eigenvalue weighted by molar-refractivity contribution is 5.87. The summed E-state index contributed by atoms with van der Waals surface area (Å²) in [5, 5.41) is 13.4. The second-order valence-corrected chi connectivity index (χ2v) is 8.18. The van der Waals surface area contributed by atoms with Crippen molar-refractivity contribution in [3.8, 4) is 0 Å². The number of carboxylic acid groups (broad SMARTS) is 1. The Morgan fingerprint density at radius 3 is 2.55 bits per heavy atom. The minimum Gasteiger partial charge on any atom is -0.480 e. The third kappa shape index (κ3) is 4.68. The van der Waals surface area contributed by atoms with Gasteiger partial charge in [-0.2, -0.15) is 0 Å². The molecule has 1 fully saturated rings. The van der Waals surface area contributed by atoms with Crippen molar-refractivity contribution < 1.29 is 14.7 Å². The van der Waals surface area contributed by atoms with Gasteiger partial charge in [-0.25, -0.2) is 14.8 Å². The lowest BCUT2D eigenvalue weighted by atomic mass is 9.95. The Morgan fingerprint density at radius 1 is 1.19 bits per heavy atom. The minimum atomic E-state index is -1.03. The van der Waals surface area contributed by atoms with Crippen molar-refractivity contribution in [1.82, 2.24) is 20.3 Å². The molecule has 8 heteroatoms. The van der Waals surface area contributed by atoms with Gasteiger partial charge in [-0.15, -0.1) is 0 Å². The van der Waals surface area contributed by atoms with E-state index in [1.54, 1.807) is 0 Å². The van der Waals surface area contributed by atoms with Crippen LogP contribution in [-0.4, -0.2) is 51.1 Å². The molecular formula is C23H27N5O3. The molecule has 0 bridgehead atoms. The summed E-state index contributed by atoms with van der Waals surface area (Å²) >= 11 is 0. The molecule has 1 aliphatic rings. The van der Waals surface area contributed by atoms with Gasteiger partial charge >= 0.3 is 5.97 Å². The number of nitrogens with one attached hydrogen (secondary N) is 2. The first-order chi connectivity index (χ1) is 14.9. The number of anilines is 1. The van der Waals surface area contributed by atoms with E-state index < -0.39 is 12.0 Å². The summed E-state index contributed by atoms with van der Waals surface area (Å²) in [6.07, 6.45) is 3.33. The number of H-pyrrole nitrogens is 1. The zero-order valence-electron chi connectivity index (χ0n) is 17.8. The molecule has 0 radical (unpaired) electrons. The van der Waals surface area contributed by atoms with Crippen molar-refractivity contribution in [2.45, 2.75) is 39.2 Å². The zero-order valence-corrected chi connectivity index (χ0v) is 17.8. The van der Waals surface area contributed by atoms with E-state index >= 15 is 0 Å². The number of hydrogen-bond acceptors (Lipinski definition) is 5. The van der Waals surface area contributed by atoms with Gasteiger partial charge in [0.2, 0.25) is 11.9 Å². The van der Waals surface area contributed by atoms with Gasteiger partial charge < -0.3 is 20.3 Å². The van der Waals surface area contributed by atoms with Crippen LogP contribution in [0.1, 0.15) is 29.8 Å². The fourth-order valence-corrected chi connectivity index (χ4v) is 4.20. The molecule has 1 unspecified atom stereocenters. The number of fused-ring (bicyclic) bond motifs is 1. The van der Waals surface area contributed by atoms with Crippen LogP contribution in [0.3, 0.4) is 0 Å². The van der Waals surface area contributed by atoms with Crippen molar-refractivity contribution in [2.75, 3.05) is 18.0 Å². The quantitative estimate of drug-likeness (QED) is 0.564. The van der Waals surface area contributed by atoms with Crippen LogP contribution in [0.5, 0.6) is 0 Å². The summed E-state index contributed by atoms with van der Waals surface area (Å²) in [6.45, 7) is 5.22. The Bertz CT molecular complexity index is 1080. The molecule has 3 heterocycles. The average molecular weight is 422 g/mol. The molecule has 0 aliphatic carbocycles. The summed E-state index contributed by atoms with van der Waals surface area (Å²) < 4.78 is 0. The van der Waals surface area contributed by atoms with E-state index in [1.165, 1.54) is 0 Å². The van der Waals surface area contributed by atoms with Gasteiger partial charge in [0.25, 0.3) is 0 Å². The van der Waals surface area contributed by atoms with Gasteiger partial charge in [-0.3, -0.25) is 4.79 Å². The molecule has 1 aliphatic heterocycles. The van der Waals surface area contributed by atoms with E-state index in [-0.39, 0.29) is 18.2 Å². The number of carbonyl (C=O) groups is 2. The fourth-order valence-electron chi connectivity index (χ4n) is 4.20. The van der Waals surface area contributed by atoms with Crippen LogP contribution in [0.4, 0.5) is 5.95 Å². The molecule has 8 nitrogen and oxygen atoms in total. The number of hydrogen-bond donors (Lipinski definition) is 3. The monoisotopic (exact) mass is 421 g/mol. The summed E-state index contributed by atoms with van der Waals surface area (Å²) in [6, 6.07) is 8.71. The lowest BCUT2D eigenvalue weighted by molar-refractivity contribution is -0.142. The summed E-state index contributed by atoms with van der Waals surface area (Å²) in [4.78, 5) is 38.9. The van der Waals surface area contributed by atoms with Gasteiger partial charge in [-0.05, 0) is 44.4 Å². The maximum absolute atomic E-state index is 12.8. The number of benzene rings is 1. The Morgan fingerprint density at radius 2 is 1.87 bits per heavy atom. The molecule has 2 aromatic heterocycles. The first kappa shape index (κ1) is 20.8. The molecule has 1 amide bonds. The SMILES string of the molecule is Cc1cc(C)nc(N2CCC(C(=O)NC(Cc3c[nH]c4ccccc34)C(=O)O)CC2)n1. The lowest BCUT2D eigenvalue weighted by Crippen LogP contribution is -2.47. The molecule has 1 saturated heterocycles. The van der Waals surface area contributed by atoms with Gasteiger partial charge in [0.05, 0.1) is 0 Å². The predicted octanol–water partition coefficient (Wildman–Crippen LogP) is 2.60. The van der Waals surface area contributed by atoms with Crippen LogP contribution in [0.2, 0.25) is 0 Å². The Kier molecular flexibility index (Phi) is 5.88. The Hall–Kier alpha value is -3.42. The smallest absolute Gasteiger partial charge is 0.326 e. The lowest BCUT2D eigenvalue weighted by Gasteiger charge is -2.32. The highest BCUT2D eigenvalue weighted by atomic mass is 16.4. The van der Waals surface area contributed by atoms with Crippen molar-refractivity contribution in [3.63, 3.8) is 0 Å². The maximum Gasteiger partial charge on any atom is 0.326 e. The van der Waals surface area contributed by atoms with Gasteiger partial charge in [0, 0.05) is 53.9 Å². The zero-order chi connectivity index (χ0) is 22.0. The number of aromatic nitrogens is 3. The van der Waals surface area contributed by atoms with Crippen molar-refractivity contribution in [3.05, 3.63) is 53.5 Å². The molecule has 162 valence electrons. The second kappa shape index (κ2) is 8.75. The minimum absolute atomic E-state index is 0.201. The number of amides is 1. The highest BCUT2D eigenvalue weighted by Crippen LogP contribution is 2.23. The van der Waals surface area contributed by atoms with Crippen molar-refractivity contribution >= 4 is 28.7 Å². The van der Waals surface area contributed by atoms with E-state index in [9.17, 15) is 14.7 Å². The second-order valence-electron chi connectivity index (χ2n) is 8.18. The first-order valence-electron chi connectivity index (χ1n) is 10.6. The molecule has 1 aromatic carbocycles. The maximum atomic E-state index is 12.8. The van der Waals surface area contributed by atoms with Crippen LogP contribution >= 0.6 is 0 Å². The third-order valence-electron chi connectivity index (χ3n) is 5.83. The molecule has 1 atom stereocenters. The van der Waals surface area contributed by atoms with Crippen LogP contribution in [0, 0.1) is 19.8 Å². The molecule has 0 saturated carbocycles. The van der Waals surface area contributed by atoms with E-state index in [2.05, 4.69) is 25.2 Å². The van der Waals surface area contributed by atoms with Crippen LogP contribution < -0.4 is 10.2 Å². The van der Waals surface area contributed by atoms with Gasteiger partial charge in [0.1, 0.15) is 6.04 Å². The fraction of sp³-hybridized carbons (Fsp3) is 0.391. The number of aliphatic carboxylic acids is 1. The number of carbonyl (C=O) groups excluding carboxylic acids is 1. The van der Waals surface area contributed by atoms with Gasteiger partial charge in [0.15, 0.2) is 0 Å². The number of carboxylic acids is 1. The van der Waals surface area contributed by atoms with Crippen molar-refractivity contribution in [1.29, 1.82) is 0 Å². The highest BCUT2D eigenvalue weighted by Gasteiger charge is 2.30. The van der Waals surface area contributed by atoms with Crippen molar-refractivity contribution in [2.24, 2.45) is 5.92 Å². The number of para-hydroxylation sites is 1. The Labute approximate surface area is 180 Å². The molecule has 3 aromatic rings. The molecular weight excluding hydrogens is 394 g/mol. The standard InChI is InChI=1S/C23H27N5O3/c1-14-11-15(2)26-23(25-14)28-9-7-16(8-10-28)21(29)27-20(22(30)31)12-17-13-24-19-6-4-3-5-18(17)19/h3-6,11,13,16,20,24H,7-10,12H2,1-2H3,(H,27,29)(H,30,31). The normalized spacial score (nSPS) is 15.7. The number of rotatable bonds is 6. The average Bonchev–Trinajstić information content (AvgIpc) is 3.15. The van der Waals surface area contributed by atoms with Gasteiger partial charge in [-0.1, -0.05) is 18.2 Å². The predicted molar refractivity (Wildman–Crippen MR) is 118 cm³/mol. The first-order valence-corrected chi connectivity index (χ1v) is 10.6. The number of piperidine rings is 1. The summed E-state index contributed by atoms with van der Waals surface area (Å²) in [7, 11) is 0. The largest absolute Gasteiger partial charge is 0.480 e. The molecule has 31 heavy (non-hydrogen) atoms.